The van der Waals surface area contributed by atoms with Gasteiger partial charge in [-0.05, 0) is 25.5 Å². The fourth-order valence-electron chi connectivity index (χ4n) is 1.36. The van der Waals surface area contributed by atoms with Crippen LogP contribution in [0.3, 0.4) is 0 Å². The molecule has 0 aliphatic heterocycles. The zero-order valence-electron chi connectivity index (χ0n) is 11.2. The van der Waals surface area contributed by atoms with Gasteiger partial charge >= 0.3 is 5.97 Å². The standard InChI is InChI=1S/C13H17ClN2O3S/c1-2-19-12(18)6-4-7-15-11(17)9-20-13-10(14)5-3-8-16-13/h3,5,8H,2,4,6-7,9H2,1H3,(H,15,17). The van der Waals surface area contributed by atoms with Crippen LogP contribution in [0.2, 0.25) is 5.02 Å². The van der Waals surface area contributed by atoms with Crippen molar-refractivity contribution in [3.63, 3.8) is 0 Å². The van der Waals surface area contributed by atoms with Crippen molar-refractivity contribution in [2.45, 2.75) is 24.8 Å². The molecule has 1 aromatic rings. The van der Waals surface area contributed by atoms with Crippen molar-refractivity contribution in [3.8, 4) is 0 Å². The van der Waals surface area contributed by atoms with Crippen LogP contribution < -0.4 is 5.32 Å². The molecule has 1 heterocycles. The summed E-state index contributed by atoms with van der Waals surface area (Å²) >= 11 is 7.21. The Kier molecular flexibility index (Phi) is 8.06. The molecule has 0 fully saturated rings. The molecule has 1 rings (SSSR count). The van der Waals surface area contributed by atoms with Gasteiger partial charge in [0.2, 0.25) is 5.91 Å². The molecule has 0 spiro atoms. The largest absolute Gasteiger partial charge is 0.466 e. The smallest absolute Gasteiger partial charge is 0.305 e. The second-order valence-electron chi connectivity index (χ2n) is 3.84. The van der Waals surface area contributed by atoms with Crippen LogP contribution in [0, 0.1) is 0 Å². The Hall–Kier alpha value is -1.27. The lowest BCUT2D eigenvalue weighted by molar-refractivity contribution is -0.143. The van der Waals surface area contributed by atoms with Crippen molar-refractivity contribution in [2.24, 2.45) is 0 Å². The molecule has 20 heavy (non-hydrogen) atoms. The minimum absolute atomic E-state index is 0.111. The first-order valence-electron chi connectivity index (χ1n) is 6.29. The third-order valence-corrected chi connectivity index (χ3v) is 3.67. The maximum absolute atomic E-state index is 11.6. The molecule has 0 aliphatic rings. The van der Waals surface area contributed by atoms with Gasteiger partial charge in [-0.15, -0.1) is 0 Å². The van der Waals surface area contributed by atoms with E-state index < -0.39 is 0 Å². The molecule has 110 valence electrons. The lowest BCUT2D eigenvalue weighted by atomic mass is 10.3. The van der Waals surface area contributed by atoms with Crippen LogP contribution in [0.25, 0.3) is 0 Å². The van der Waals surface area contributed by atoms with E-state index in [-0.39, 0.29) is 17.6 Å². The van der Waals surface area contributed by atoms with Crippen LogP contribution in [0.1, 0.15) is 19.8 Å². The summed E-state index contributed by atoms with van der Waals surface area (Å²) in [6.07, 6.45) is 2.51. The van der Waals surface area contributed by atoms with Gasteiger partial charge in [-0.1, -0.05) is 23.4 Å². The van der Waals surface area contributed by atoms with Crippen molar-refractivity contribution in [1.82, 2.24) is 10.3 Å². The first-order valence-corrected chi connectivity index (χ1v) is 7.65. The zero-order valence-corrected chi connectivity index (χ0v) is 12.8. The maximum atomic E-state index is 11.6. The lowest BCUT2D eigenvalue weighted by Crippen LogP contribution is -2.26. The Labute approximate surface area is 127 Å². The number of aromatic nitrogens is 1. The number of hydrogen-bond acceptors (Lipinski definition) is 5. The highest BCUT2D eigenvalue weighted by atomic mass is 35.5. The summed E-state index contributed by atoms with van der Waals surface area (Å²) in [5, 5.41) is 3.90. The van der Waals surface area contributed by atoms with E-state index in [1.807, 2.05) is 0 Å². The molecule has 1 amide bonds. The highest BCUT2D eigenvalue weighted by Gasteiger charge is 2.07. The fraction of sp³-hybridized carbons (Fsp3) is 0.462. The van der Waals surface area contributed by atoms with Crippen LogP contribution in [-0.4, -0.2) is 35.8 Å². The van der Waals surface area contributed by atoms with E-state index in [2.05, 4.69) is 10.3 Å². The summed E-state index contributed by atoms with van der Waals surface area (Å²) in [4.78, 5) is 26.7. The predicted molar refractivity (Wildman–Crippen MR) is 78.8 cm³/mol. The average molecular weight is 317 g/mol. The number of hydrogen-bond donors (Lipinski definition) is 1. The van der Waals surface area contributed by atoms with Gasteiger partial charge in [-0.2, -0.15) is 0 Å². The van der Waals surface area contributed by atoms with Crippen molar-refractivity contribution < 1.29 is 14.3 Å². The SMILES string of the molecule is CCOC(=O)CCCNC(=O)CSc1ncccc1Cl. The molecule has 0 saturated carbocycles. The normalized spacial score (nSPS) is 10.1. The van der Waals surface area contributed by atoms with Crippen molar-refractivity contribution in [3.05, 3.63) is 23.4 Å². The van der Waals surface area contributed by atoms with E-state index in [4.69, 9.17) is 16.3 Å². The van der Waals surface area contributed by atoms with Crippen molar-refractivity contribution in [2.75, 3.05) is 18.9 Å². The van der Waals surface area contributed by atoms with Gasteiger partial charge in [0.25, 0.3) is 0 Å². The number of rotatable bonds is 8. The molecule has 5 nitrogen and oxygen atoms in total. The number of ether oxygens (including phenoxy) is 1. The molecule has 0 aromatic carbocycles. The van der Waals surface area contributed by atoms with E-state index in [1.165, 1.54) is 11.8 Å². The predicted octanol–water partition coefficient (Wildman–Crippen LogP) is 2.29. The average Bonchev–Trinajstić information content (AvgIpc) is 2.43. The van der Waals surface area contributed by atoms with Gasteiger partial charge in [0.05, 0.1) is 17.4 Å². The van der Waals surface area contributed by atoms with Crippen molar-refractivity contribution in [1.29, 1.82) is 0 Å². The summed E-state index contributed by atoms with van der Waals surface area (Å²) in [5.41, 5.74) is 0. The lowest BCUT2D eigenvalue weighted by Gasteiger charge is -2.05. The van der Waals surface area contributed by atoms with Crippen LogP contribution in [0.5, 0.6) is 0 Å². The highest BCUT2D eigenvalue weighted by molar-refractivity contribution is 8.00. The number of esters is 1. The van der Waals surface area contributed by atoms with E-state index in [1.54, 1.807) is 25.3 Å². The zero-order chi connectivity index (χ0) is 14.8. The third-order valence-electron chi connectivity index (χ3n) is 2.25. The monoisotopic (exact) mass is 316 g/mol. The first-order chi connectivity index (χ1) is 9.63. The van der Waals surface area contributed by atoms with Crippen LogP contribution >= 0.6 is 23.4 Å². The molecule has 0 radical (unpaired) electrons. The summed E-state index contributed by atoms with van der Waals surface area (Å²) in [5.74, 6) is -0.104. The second kappa shape index (κ2) is 9.61. The van der Waals surface area contributed by atoms with Gasteiger partial charge in [0, 0.05) is 19.2 Å². The van der Waals surface area contributed by atoms with Gasteiger partial charge in [0.1, 0.15) is 5.03 Å². The van der Waals surface area contributed by atoms with E-state index >= 15 is 0 Å². The number of nitrogens with zero attached hydrogens (tertiary/aromatic N) is 1. The number of carbonyl (C=O) groups is 2. The number of amides is 1. The molecule has 0 aliphatic carbocycles. The van der Waals surface area contributed by atoms with E-state index in [9.17, 15) is 9.59 Å². The Morgan fingerprint density at radius 3 is 3.00 bits per heavy atom. The van der Waals surface area contributed by atoms with Gasteiger partial charge < -0.3 is 10.1 Å². The fourth-order valence-corrected chi connectivity index (χ4v) is 2.35. The van der Waals surface area contributed by atoms with Crippen LogP contribution in [0.4, 0.5) is 0 Å². The van der Waals surface area contributed by atoms with Gasteiger partial charge in [-0.3, -0.25) is 9.59 Å². The maximum Gasteiger partial charge on any atom is 0.305 e. The summed E-state index contributed by atoms with van der Waals surface area (Å²) < 4.78 is 4.79. The van der Waals surface area contributed by atoms with Crippen molar-refractivity contribution >= 4 is 35.2 Å². The van der Waals surface area contributed by atoms with E-state index in [0.717, 1.165) is 0 Å². The molecule has 0 atom stereocenters. The summed E-state index contributed by atoms with van der Waals surface area (Å²) in [6.45, 7) is 2.60. The highest BCUT2D eigenvalue weighted by Crippen LogP contribution is 2.23. The quantitative estimate of drug-likeness (QED) is 0.453. The van der Waals surface area contributed by atoms with Crippen LogP contribution in [-0.2, 0) is 14.3 Å². The number of nitrogens with one attached hydrogen (secondary N) is 1. The third kappa shape index (κ3) is 6.77. The molecular weight excluding hydrogens is 300 g/mol. The van der Waals surface area contributed by atoms with Gasteiger partial charge in [-0.25, -0.2) is 4.98 Å². The number of thioether (sulfide) groups is 1. The number of pyridine rings is 1. The minimum Gasteiger partial charge on any atom is -0.466 e. The molecule has 0 unspecified atom stereocenters. The van der Waals surface area contributed by atoms with Gasteiger partial charge in [0.15, 0.2) is 0 Å². The molecule has 0 saturated heterocycles. The topological polar surface area (TPSA) is 68.3 Å². The molecule has 1 aromatic heterocycles. The van der Waals surface area contributed by atoms with Crippen LogP contribution in [0.15, 0.2) is 23.4 Å². The Morgan fingerprint density at radius 1 is 1.50 bits per heavy atom. The second-order valence-corrected chi connectivity index (χ2v) is 5.21. The first kappa shape index (κ1) is 16.8. The molecular formula is C13H17ClN2O3S. The number of halogens is 1. The molecule has 0 bridgehead atoms. The minimum atomic E-state index is -0.239. The number of carbonyl (C=O) groups excluding carboxylic acids is 2. The summed E-state index contributed by atoms with van der Waals surface area (Å²) in [6, 6.07) is 3.47. The summed E-state index contributed by atoms with van der Waals surface area (Å²) in [7, 11) is 0. The Balaban J connectivity index is 2.15. The molecule has 7 heteroatoms. The Morgan fingerprint density at radius 2 is 2.30 bits per heavy atom. The molecule has 1 N–H and O–H groups in total. The van der Waals surface area contributed by atoms with E-state index in [0.29, 0.717) is 36.0 Å². The Bertz CT molecular complexity index is 457.